The van der Waals surface area contributed by atoms with E-state index in [9.17, 15) is 14.4 Å². The van der Waals surface area contributed by atoms with Gasteiger partial charge >= 0.3 is 0 Å². The zero-order valence-electron chi connectivity index (χ0n) is 18.6. The summed E-state index contributed by atoms with van der Waals surface area (Å²) >= 11 is 0. The molecule has 1 aromatic heterocycles. The number of pyridine rings is 1. The number of aromatic nitrogens is 1. The van der Waals surface area contributed by atoms with Crippen LogP contribution in [0.25, 0.3) is 0 Å². The van der Waals surface area contributed by atoms with Gasteiger partial charge in [0.2, 0.25) is 0 Å². The lowest BCUT2D eigenvalue weighted by atomic mass is 9.90. The number of benzene rings is 1. The molecular weight excluding hydrogens is 414 g/mol. The van der Waals surface area contributed by atoms with E-state index >= 15 is 0 Å². The summed E-state index contributed by atoms with van der Waals surface area (Å²) in [6.07, 6.45) is 10.0. The SMILES string of the molecule is C#Cc1ccc(CN2CC(CCc3cccc4c3CN(C3CCC(=O)CC3=O)C4=O)C2)cn1. The summed E-state index contributed by atoms with van der Waals surface area (Å²) in [4.78, 5) is 45.3. The van der Waals surface area contributed by atoms with Crippen molar-refractivity contribution >= 4 is 17.5 Å². The van der Waals surface area contributed by atoms with Crippen molar-refractivity contribution in [3.05, 3.63) is 64.5 Å². The van der Waals surface area contributed by atoms with Crippen molar-refractivity contribution in [3.63, 3.8) is 0 Å². The Hall–Kier alpha value is -3.30. The van der Waals surface area contributed by atoms with Crippen molar-refractivity contribution in [2.45, 2.75) is 51.2 Å². The van der Waals surface area contributed by atoms with Crippen molar-refractivity contribution in [2.75, 3.05) is 13.1 Å². The third-order valence-corrected chi connectivity index (χ3v) is 7.14. The second-order valence-corrected chi connectivity index (χ2v) is 9.41. The van der Waals surface area contributed by atoms with Crippen LogP contribution >= 0.6 is 0 Å². The quantitative estimate of drug-likeness (QED) is 0.509. The standard InChI is InChI=1S/C27H27N3O3/c1-2-21-9-7-18(13-28-21)14-29-15-19(16-29)6-8-20-4-3-5-23-24(20)17-30(27(23)33)25-11-10-22(31)12-26(25)32/h1,3-5,7,9,13,19,25H,6,8,10-12,14-17H2. The number of amides is 1. The molecule has 0 spiro atoms. The van der Waals surface area contributed by atoms with E-state index in [-0.39, 0.29) is 23.9 Å². The minimum atomic E-state index is -0.458. The predicted molar refractivity (Wildman–Crippen MR) is 123 cm³/mol. The second-order valence-electron chi connectivity index (χ2n) is 9.41. The predicted octanol–water partition coefficient (Wildman–Crippen LogP) is 2.77. The van der Waals surface area contributed by atoms with Crippen molar-refractivity contribution in [2.24, 2.45) is 5.92 Å². The van der Waals surface area contributed by atoms with Crippen molar-refractivity contribution in [1.29, 1.82) is 0 Å². The number of hydrogen-bond donors (Lipinski definition) is 0. The zero-order chi connectivity index (χ0) is 22.9. The van der Waals surface area contributed by atoms with Crippen molar-refractivity contribution in [3.8, 4) is 12.3 Å². The Morgan fingerprint density at radius 3 is 2.70 bits per heavy atom. The van der Waals surface area contributed by atoms with E-state index in [0.717, 1.165) is 43.6 Å². The van der Waals surface area contributed by atoms with Gasteiger partial charge in [-0.05, 0) is 54.0 Å². The van der Waals surface area contributed by atoms with Crippen LogP contribution in [-0.2, 0) is 29.1 Å². The molecule has 2 aliphatic heterocycles. The number of nitrogens with zero attached hydrogens (tertiary/aromatic N) is 3. The number of Topliss-reactive ketones (excluding diaryl/α,β-unsaturated/α-hetero) is 2. The molecule has 1 atom stereocenters. The summed E-state index contributed by atoms with van der Waals surface area (Å²) in [5.41, 5.74) is 4.81. The topological polar surface area (TPSA) is 70.6 Å². The lowest BCUT2D eigenvalue weighted by Gasteiger charge is -2.39. The summed E-state index contributed by atoms with van der Waals surface area (Å²) in [7, 11) is 0. The van der Waals surface area contributed by atoms with Crippen LogP contribution in [0.5, 0.6) is 0 Å². The van der Waals surface area contributed by atoms with E-state index in [1.54, 1.807) is 4.90 Å². The lowest BCUT2D eigenvalue weighted by Crippen LogP contribution is -2.46. The molecule has 6 nitrogen and oxygen atoms in total. The zero-order valence-corrected chi connectivity index (χ0v) is 18.6. The van der Waals surface area contributed by atoms with Crippen molar-refractivity contribution in [1.82, 2.24) is 14.8 Å². The summed E-state index contributed by atoms with van der Waals surface area (Å²) in [5, 5.41) is 0. The molecule has 1 aromatic carbocycles. The number of hydrogen-bond acceptors (Lipinski definition) is 5. The smallest absolute Gasteiger partial charge is 0.255 e. The number of terminal acetylenes is 1. The Morgan fingerprint density at radius 2 is 1.97 bits per heavy atom. The van der Waals surface area contributed by atoms with Crippen LogP contribution in [0.3, 0.4) is 0 Å². The van der Waals surface area contributed by atoms with E-state index < -0.39 is 6.04 Å². The average molecular weight is 442 g/mol. The maximum atomic E-state index is 13.0. The fourth-order valence-corrected chi connectivity index (χ4v) is 5.30. The van der Waals surface area contributed by atoms with E-state index in [2.05, 4.69) is 21.9 Å². The summed E-state index contributed by atoms with van der Waals surface area (Å²) < 4.78 is 0. The first kappa shape index (κ1) is 21.5. The Kier molecular flexibility index (Phi) is 5.82. The van der Waals surface area contributed by atoms with Crippen LogP contribution < -0.4 is 0 Å². The molecule has 33 heavy (non-hydrogen) atoms. The van der Waals surface area contributed by atoms with Crippen molar-refractivity contribution < 1.29 is 14.4 Å². The number of aryl methyl sites for hydroxylation is 1. The molecule has 3 heterocycles. The minimum absolute atomic E-state index is 0.0171. The Balaban J connectivity index is 1.16. The van der Waals surface area contributed by atoms with Gasteiger partial charge in [0, 0.05) is 44.4 Å². The monoisotopic (exact) mass is 441 g/mol. The number of fused-ring (bicyclic) bond motifs is 1. The molecule has 5 rings (SSSR count). The van der Waals surface area contributed by atoms with Crippen LogP contribution in [-0.4, -0.2) is 51.4 Å². The number of ketones is 2. The molecule has 0 bridgehead atoms. The highest BCUT2D eigenvalue weighted by Crippen LogP contribution is 2.32. The molecule has 1 amide bonds. The van der Waals surface area contributed by atoms with Crippen LogP contribution in [0, 0.1) is 18.3 Å². The van der Waals surface area contributed by atoms with Gasteiger partial charge < -0.3 is 4.90 Å². The van der Waals surface area contributed by atoms with Gasteiger partial charge in [0.1, 0.15) is 11.5 Å². The van der Waals surface area contributed by atoms with Crippen LogP contribution in [0.1, 0.15) is 58.4 Å². The normalized spacial score (nSPS) is 21.1. The van der Waals surface area contributed by atoms with Gasteiger partial charge in [-0.2, -0.15) is 0 Å². The first-order valence-corrected chi connectivity index (χ1v) is 11.6. The first-order valence-electron chi connectivity index (χ1n) is 11.6. The van der Waals surface area contributed by atoms with E-state index in [1.165, 1.54) is 11.1 Å². The fraction of sp³-hybridized carbons (Fsp3) is 0.407. The molecule has 1 unspecified atom stereocenters. The number of rotatable bonds is 6. The van der Waals surface area contributed by atoms with Gasteiger partial charge in [-0.3, -0.25) is 19.3 Å². The third kappa shape index (κ3) is 4.34. The average Bonchev–Trinajstić information content (AvgIpc) is 3.12. The summed E-state index contributed by atoms with van der Waals surface area (Å²) in [6, 6.07) is 9.38. The van der Waals surface area contributed by atoms with Gasteiger partial charge in [-0.25, -0.2) is 4.98 Å². The highest BCUT2D eigenvalue weighted by molar-refractivity contribution is 6.07. The molecule has 0 radical (unpaired) electrons. The Labute approximate surface area is 194 Å². The maximum absolute atomic E-state index is 13.0. The lowest BCUT2D eigenvalue weighted by molar-refractivity contribution is -0.133. The molecule has 2 aromatic rings. The van der Waals surface area contributed by atoms with Gasteiger partial charge in [0.25, 0.3) is 5.91 Å². The molecule has 2 fully saturated rings. The van der Waals surface area contributed by atoms with Gasteiger partial charge in [-0.15, -0.1) is 6.42 Å². The maximum Gasteiger partial charge on any atom is 0.255 e. The van der Waals surface area contributed by atoms with E-state index in [0.29, 0.717) is 31.0 Å². The first-order chi connectivity index (χ1) is 16.0. The Bertz CT molecular complexity index is 1140. The van der Waals surface area contributed by atoms with Gasteiger partial charge in [0.15, 0.2) is 5.78 Å². The highest BCUT2D eigenvalue weighted by Gasteiger charge is 2.39. The number of carbonyl (C=O) groups excluding carboxylic acids is 3. The molecule has 168 valence electrons. The highest BCUT2D eigenvalue weighted by atomic mass is 16.2. The van der Waals surface area contributed by atoms with E-state index in [4.69, 9.17) is 6.42 Å². The molecule has 1 saturated heterocycles. The molecule has 6 heteroatoms. The molecular formula is C27H27N3O3. The number of carbonyl (C=O) groups is 3. The van der Waals surface area contributed by atoms with E-state index in [1.807, 2.05) is 30.5 Å². The largest absolute Gasteiger partial charge is 0.324 e. The molecule has 1 saturated carbocycles. The summed E-state index contributed by atoms with van der Waals surface area (Å²) in [5.74, 6) is 2.97. The van der Waals surface area contributed by atoms with Crippen LogP contribution in [0.15, 0.2) is 36.5 Å². The minimum Gasteiger partial charge on any atom is -0.324 e. The molecule has 3 aliphatic rings. The van der Waals surface area contributed by atoms with Crippen LogP contribution in [0.2, 0.25) is 0 Å². The second kappa shape index (κ2) is 8.92. The fourth-order valence-electron chi connectivity index (χ4n) is 5.30. The summed E-state index contributed by atoms with van der Waals surface area (Å²) in [6.45, 7) is 3.48. The third-order valence-electron chi connectivity index (χ3n) is 7.14. The van der Waals surface area contributed by atoms with Gasteiger partial charge in [-0.1, -0.05) is 24.1 Å². The van der Waals surface area contributed by atoms with Crippen LogP contribution in [0.4, 0.5) is 0 Å². The number of likely N-dealkylation sites (tertiary alicyclic amines) is 1. The molecule has 0 N–H and O–H groups in total. The van der Waals surface area contributed by atoms with Gasteiger partial charge in [0.05, 0.1) is 12.5 Å². The Morgan fingerprint density at radius 1 is 1.12 bits per heavy atom. The molecule has 1 aliphatic carbocycles.